The van der Waals surface area contributed by atoms with Crippen LogP contribution in [-0.2, 0) is 13.0 Å². The van der Waals surface area contributed by atoms with Crippen LogP contribution in [0.15, 0.2) is 53.1 Å². The average molecular weight is 438 g/mol. The van der Waals surface area contributed by atoms with E-state index in [1.165, 1.54) is 4.52 Å². The van der Waals surface area contributed by atoms with Gasteiger partial charge in [0.2, 0.25) is 5.95 Å². The van der Waals surface area contributed by atoms with Crippen molar-refractivity contribution in [2.45, 2.75) is 20.0 Å². The van der Waals surface area contributed by atoms with Crippen LogP contribution in [0, 0.1) is 18.3 Å². The number of rotatable bonds is 5. The molecular weight excluding hydrogens is 420 g/mol. The molecule has 0 spiro atoms. The highest BCUT2D eigenvalue weighted by Gasteiger charge is 2.25. The lowest BCUT2D eigenvalue weighted by Crippen LogP contribution is -2.06. The van der Waals surface area contributed by atoms with Crippen molar-refractivity contribution in [1.82, 2.24) is 29.5 Å². The molecule has 33 heavy (non-hydrogen) atoms. The zero-order chi connectivity index (χ0) is 22.9. The van der Waals surface area contributed by atoms with Gasteiger partial charge in [-0.1, -0.05) is 18.2 Å². The number of aliphatic hydroxyl groups excluding tert-OH is 1. The molecule has 4 heterocycles. The highest BCUT2D eigenvalue weighted by Crippen LogP contribution is 2.37. The number of hydrogen-bond acceptors (Lipinski definition) is 9. The number of nitrogens with zero attached hydrogens (tertiary/aromatic N) is 7. The van der Waals surface area contributed by atoms with Gasteiger partial charge in [-0.05, 0) is 24.3 Å². The van der Waals surface area contributed by atoms with Crippen molar-refractivity contribution in [1.29, 1.82) is 5.26 Å². The molecule has 0 aliphatic rings. The Hall–Kier alpha value is -4.62. The number of nitriles is 1. The van der Waals surface area contributed by atoms with Gasteiger partial charge >= 0.3 is 0 Å². The standard InChI is InChI=1S/C23H18N8O2/c1-13-27-17(12-32)21(33-13)19-20(15-6-4-5-14(9-15)11-24)29-23(25)31-22(19)28-18(30-31)10-16-7-2-3-8-26-16/h2-9,32H,10,12H2,1H3,(H2,25,29). The first kappa shape index (κ1) is 20.3. The summed E-state index contributed by atoms with van der Waals surface area (Å²) in [6, 6.07) is 14.7. The van der Waals surface area contributed by atoms with E-state index in [-0.39, 0.29) is 12.6 Å². The fraction of sp³-hybridized carbons (Fsp3) is 0.130. The zero-order valence-electron chi connectivity index (χ0n) is 17.6. The SMILES string of the molecule is Cc1nc(CO)c(-c2c(-c3cccc(C#N)c3)nc(N)n3nc(Cc4ccccn4)nc23)o1. The highest BCUT2D eigenvalue weighted by atomic mass is 16.4. The summed E-state index contributed by atoms with van der Waals surface area (Å²) in [7, 11) is 0. The minimum Gasteiger partial charge on any atom is -0.440 e. The van der Waals surface area contributed by atoms with Crippen LogP contribution < -0.4 is 5.73 Å². The lowest BCUT2D eigenvalue weighted by atomic mass is 10.0. The Morgan fingerprint density at radius 2 is 2.03 bits per heavy atom. The number of aliphatic hydroxyl groups is 1. The quantitative estimate of drug-likeness (QED) is 0.422. The molecule has 0 bridgehead atoms. The van der Waals surface area contributed by atoms with Crippen molar-refractivity contribution < 1.29 is 9.52 Å². The Labute approximate surface area is 188 Å². The molecule has 0 radical (unpaired) electrons. The van der Waals surface area contributed by atoms with Gasteiger partial charge in [0.15, 0.2) is 23.1 Å². The van der Waals surface area contributed by atoms with Crippen molar-refractivity contribution >= 4 is 11.6 Å². The van der Waals surface area contributed by atoms with Crippen LogP contribution >= 0.6 is 0 Å². The molecule has 0 fully saturated rings. The number of aromatic nitrogens is 6. The number of aryl methyl sites for hydroxylation is 1. The maximum Gasteiger partial charge on any atom is 0.223 e. The van der Waals surface area contributed by atoms with E-state index in [1.807, 2.05) is 24.3 Å². The highest BCUT2D eigenvalue weighted by molar-refractivity contribution is 5.89. The van der Waals surface area contributed by atoms with E-state index in [0.717, 1.165) is 5.69 Å². The molecule has 3 N–H and O–H groups in total. The zero-order valence-corrected chi connectivity index (χ0v) is 17.6. The van der Waals surface area contributed by atoms with Crippen LogP contribution in [0.1, 0.15) is 28.7 Å². The minimum atomic E-state index is -0.337. The molecule has 162 valence electrons. The Kier molecular flexibility index (Phi) is 5.01. The van der Waals surface area contributed by atoms with E-state index in [9.17, 15) is 10.4 Å². The number of hydrogen-bond donors (Lipinski definition) is 2. The topological polar surface area (TPSA) is 152 Å². The first-order chi connectivity index (χ1) is 16.1. The van der Waals surface area contributed by atoms with E-state index < -0.39 is 0 Å². The molecule has 5 aromatic rings. The summed E-state index contributed by atoms with van der Waals surface area (Å²) in [6.45, 7) is 1.35. The summed E-state index contributed by atoms with van der Waals surface area (Å²) >= 11 is 0. The van der Waals surface area contributed by atoms with Crippen molar-refractivity contribution in [2.24, 2.45) is 0 Å². The molecule has 1 aromatic carbocycles. The largest absolute Gasteiger partial charge is 0.440 e. The van der Waals surface area contributed by atoms with Crippen LogP contribution in [0.25, 0.3) is 28.2 Å². The van der Waals surface area contributed by atoms with E-state index >= 15 is 0 Å². The summed E-state index contributed by atoms with van der Waals surface area (Å²) in [5, 5.41) is 23.8. The van der Waals surface area contributed by atoms with Gasteiger partial charge in [0.25, 0.3) is 0 Å². The smallest absolute Gasteiger partial charge is 0.223 e. The summed E-state index contributed by atoms with van der Waals surface area (Å²) < 4.78 is 7.31. The Morgan fingerprint density at radius 3 is 2.79 bits per heavy atom. The summed E-state index contributed by atoms with van der Waals surface area (Å²) in [4.78, 5) is 17.9. The van der Waals surface area contributed by atoms with Gasteiger partial charge in [0.05, 0.1) is 35.9 Å². The number of fused-ring (bicyclic) bond motifs is 1. The molecule has 10 nitrogen and oxygen atoms in total. The maximum absolute atomic E-state index is 9.90. The fourth-order valence-electron chi connectivity index (χ4n) is 3.67. The van der Waals surface area contributed by atoms with E-state index in [4.69, 9.17) is 15.1 Å². The van der Waals surface area contributed by atoms with Crippen molar-refractivity contribution in [3.8, 4) is 28.7 Å². The second-order valence-corrected chi connectivity index (χ2v) is 7.31. The first-order valence-electron chi connectivity index (χ1n) is 10.1. The lowest BCUT2D eigenvalue weighted by Gasteiger charge is -2.11. The molecule has 5 rings (SSSR count). The van der Waals surface area contributed by atoms with Crippen molar-refractivity contribution in [2.75, 3.05) is 5.73 Å². The molecule has 10 heteroatoms. The van der Waals surface area contributed by atoms with Crippen LogP contribution in [0.2, 0.25) is 0 Å². The second kappa shape index (κ2) is 8.14. The fourth-order valence-corrected chi connectivity index (χ4v) is 3.67. The molecule has 0 amide bonds. The van der Waals surface area contributed by atoms with E-state index in [1.54, 1.807) is 31.3 Å². The summed E-state index contributed by atoms with van der Waals surface area (Å²) in [6.07, 6.45) is 2.10. The van der Waals surface area contributed by atoms with Gasteiger partial charge in [-0.3, -0.25) is 4.98 Å². The van der Waals surface area contributed by atoms with E-state index in [2.05, 4.69) is 26.1 Å². The summed E-state index contributed by atoms with van der Waals surface area (Å²) in [5.41, 5.74) is 9.84. The van der Waals surface area contributed by atoms with Crippen LogP contribution in [0.5, 0.6) is 0 Å². The summed E-state index contributed by atoms with van der Waals surface area (Å²) in [5.74, 6) is 1.32. The number of pyridine rings is 1. The average Bonchev–Trinajstić information content (AvgIpc) is 3.43. The molecule has 0 unspecified atom stereocenters. The van der Waals surface area contributed by atoms with Crippen molar-refractivity contribution in [3.63, 3.8) is 0 Å². The van der Waals surface area contributed by atoms with Crippen molar-refractivity contribution in [3.05, 3.63) is 77.3 Å². The molecule has 4 aromatic heterocycles. The normalized spacial score (nSPS) is 11.1. The predicted octanol–water partition coefficient (Wildman–Crippen LogP) is 2.69. The predicted molar refractivity (Wildman–Crippen MR) is 119 cm³/mol. The van der Waals surface area contributed by atoms with Gasteiger partial charge in [0, 0.05) is 24.4 Å². The van der Waals surface area contributed by atoms with Gasteiger partial charge in [-0.25, -0.2) is 15.0 Å². The first-order valence-corrected chi connectivity index (χ1v) is 10.1. The minimum absolute atomic E-state index is 0.118. The second-order valence-electron chi connectivity index (χ2n) is 7.31. The van der Waals surface area contributed by atoms with Crippen LogP contribution in [0.3, 0.4) is 0 Å². The molecule has 0 atom stereocenters. The van der Waals surface area contributed by atoms with Gasteiger partial charge in [-0.2, -0.15) is 9.78 Å². The number of nitrogen functional groups attached to an aromatic ring is 1. The Bertz CT molecular complexity index is 1520. The molecule has 0 aliphatic heterocycles. The maximum atomic E-state index is 9.90. The van der Waals surface area contributed by atoms with Gasteiger partial charge < -0.3 is 15.3 Å². The third-order valence-corrected chi connectivity index (χ3v) is 5.07. The number of nitrogens with two attached hydrogens (primary N) is 1. The Balaban J connectivity index is 1.79. The van der Waals surface area contributed by atoms with Gasteiger partial charge in [-0.15, -0.1) is 5.10 Å². The van der Waals surface area contributed by atoms with Crippen LogP contribution in [0.4, 0.5) is 5.95 Å². The monoisotopic (exact) mass is 438 g/mol. The third-order valence-electron chi connectivity index (χ3n) is 5.07. The molecule has 0 saturated carbocycles. The lowest BCUT2D eigenvalue weighted by molar-refractivity contribution is 0.277. The molecule has 0 saturated heterocycles. The molecular formula is C23H18N8O2. The van der Waals surface area contributed by atoms with Gasteiger partial charge in [0.1, 0.15) is 5.69 Å². The Morgan fingerprint density at radius 1 is 1.15 bits per heavy atom. The number of anilines is 1. The molecule has 0 aliphatic carbocycles. The number of oxazole rings is 1. The third kappa shape index (κ3) is 3.66. The van der Waals surface area contributed by atoms with E-state index in [0.29, 0.717) is 57.6 Å². The van der Waals surface area contributed by atoms with Crippen LogP contribution in [-0.4, -0.2) is 34.7 Å². The number of benzene rings is 1.